The third-order valence-corrected chi connectivity index (χ3v) is 3.63. The molecule has 1 aromatic carbocycles. The quantitative estimate of drug-likeness (QED) is 0.323. The highest BCUT2D eigenvalue weighted by atomic mass is 19.4. The third-order valence-electron chi connectivity index (χ3n) is 3.63. The number of hydrogen-bond donors (Lipinski definition) is 1. The Hall–Kier alpha value is -2.02. The van der Waals surface area contributed by atoms with E-state index < -0.39 is 48.0 Å². The van der Waals surface area contributed by atoms with Crippen LogP contribution in [0.2, 0.25) is 0 Å². The molecule has 1 aromatic rings. The fourth-order valence-corrected chi connectivity index (χ4v) is 2.04. The van der Waals surface area contributed by atoms with Crippen LogP contribution < -0.4 is 5.73 Å². The molecule has 30 heavy (non-hydrogen) atoms. The number of halogens is 9. The van der Waals surface area contributed by atoms with E-state index >= 15 is 0 Å². The SMILES string of the molecule is CC(C)(C)OOC(CC(F)(F)C(F)(F)C(F)(F)C(F)(F)F)c1ccc(C(N)=O)cc1. The molecule has 0 bridgehead atoms. The predicted molar refractivity (Wildman–Crippen MR) is 85.1 cm³/mol. The lowest BCUT2D eigenvalue weighted by Crippen LogP contribution is -2.61. The number of rotatable bonds is 8. The average Bonchev–Trinajstić information content (AvgIpc) is 2.56. The highest BCUT2D eigenvalue weighted by Crippen LogP contribution is 2.55. The van der Waals surface area contributed by atoms with Gasteiger partial charge in [0.1, 0.15) is 6.10 Å². The highest BCUT2D eigenvalue weighted by Gasteiger charge is 2.81. The number of nitrogens with two attached hydrogens (primary N) is 1. The summed E-state index contributed by atoms with van der Waals surface area (Å²) in [4.78, 5) is 20.5. The number of alkyl halides is 9. The summed E-state index contributed by atoms with van der Waals surface area (Å²) in [5.41, 5.74) is 3.34. The Labute approximate surface area is 165 Å². The van der Waals surface area contributed by atoms with Crippen LogP contribution in [0.15, 0.2) is 24.3 Å². The summed E-state index contributed by atoms with van der Waals surface area (Å²) in [6.45, 7) is 4.10. The smallest absolute Gasteiger partial charge is 0.366 e. The van der Waals surface area contributed by atoms with Crippen LogP contribution in [0.1, 0.15) is 49.2 Å². The molecule has 0 aliphatic heterocycles. The van der Waals surface area contributed by atoms with Crippen LogP contribution in [0.3, 0.4) is 0 Å². The van der Waals surface area contributed by atoms with Crippen molar-refractivity contribution in [2.75, 3.05) is 0 Å². The predicted octanol–water partition coefficient (Wildman–Crippen LogP) is 5.43. The minimum atomic E-state index is -7.02. The van der Waals surface area contributed by atoms with E-state index in [1.54, 1.807) is 0 Å². The minimum Gasteiger partial charge on any atom is -0.366 e. The van der Waals surface area contributed by atoms with Crippen molar-refractivity contribution in [3.63, 3.8) is 0 Å². The van der Waals surface area contributed by atoms with Gasteiger partial charge >= 0.3 is 23.9 Å². The monoisotopic (exact) mass is 455 g/mol. The Morgan fingerprint density at radius 2 is 1.37 bits per heavy atom. The molecule has 4 nitrogen and oxygen atoms in total. The van der Waals surface area contributed by atoms with Crippen LogP contribution in [-0.2, 0) is 9.78 Å². The van der Waals surface area contributed by atoms with Gasteiger partial charge in [0, 0.05) is 5.56 Å². The molecule has 2 N–H and O–H groups in total. The van der Waals surface area contributed by atoms with Crippen LogP contribution in [0.4, 0.5) is 39.5 Å². The van der Waals surface area contributed by atoms with E-state index in [0.29, 0.717) is 0 Å². The maximum absolute atomic E-state index is 14.1. The maximum Gasteiger partial charge on any atom is 0.460 e. The Bertz CT molecular complexity index is 740. The standard InChI is InChI=1S/C17H18F9NO3/c1-13(2,3)30-29-11(9-4-6-10(7-5-9)12(27)28)8-14(18,19)15(20,21)16(22,23)17(24,25)26/h4-7,11H,8H2,1-3H3,(H2,27,28). The van der Waals surface area contributed by atoms with Crippen LogP contribution >= 0.6 is 0 Å². The van der Waals surface area contributed by atoms with Crippen molar-refractivity contribution in [3.05, 3.63) is 35.4 Å². The van der Waals surface area contributed by atoms with Crippen LogP contribution in [0.5, 0.6) is 0 Å². The third kappa shape index (κ3) is 5.56. The van der Waals surface area contributed by atoms with Crippen LogP contribution in [-0.4, -0.2) is 35.5 Å². The first-order valence-corrected chi connectivity index (χ1v) is 8.17. The van der Waals surface area contributed by atoms with Crippen molar-refractivity contribution in [3.8, 4) is 0 Å². The lowest BCUT2D eigenvalue weighted by Gasteiger charge is -2.35. The first-order valence-electron chi connectivity index (χ1n) is 8.17. The molecule has 1 atom stereocenters. The number of benzene rings is 1. The average molecular weight is 455 g/mol. The Balaban J connectivity index is 3.31. The number of carbonyl (C=O) groups is 1. The van der Waals surface area contributed by atoms with Gasteiger partial charge < -0.3 is 5.73 Å². The summed E-state index contributed by atoms with van der Waals surface area (Å²) in [6, 6.07) is 3.83. The first-order chi connectivity index (χ1) is 13.2. The van der Waals surface area contributed by atoms with Gasteiger partial charge in [-0.3, -0.25) is 4.79 Å². The second kappa shape index (κ2) is 8.25. The van der Waals surface area contributed by atoms with Crippen LogP contribution in [0, 0.1) is 0 Å². The summed E-state index contributed by atoms with van der Waals surface area (Å²) >= 11 is 0. The van der Waals surface area contributed by atoms with E-state index in [2.05, 4.69) is 4.89 Å². The molecule has 0 saturated carbocycles. The van der Waals surface area contributed by atoms with Gasteiger partial charge in [0.25, 0.3) is 0 Å². The van der Waals surface area contributed by atoms with Crippen molar-refractivity contribution in [2.45, 2.75) is 62.8 Å². The molecule has 0 aromatic heterocycles. The molecule has 1 rings (SSSR count). The summed E-state index contributed by atoms with van der Waals surface area (Å²) in [5.74, 6) is -20.6. The molecule has 0 aliphatic carbocycles. The number of hydrogen-bond acceptors (Lipinski definition) is 3. The summed E-state index contributed by atoms with van der Waals surface area (Å²) in [6.07, 6.45) is -11.4. The largest absolute Gasteiger partial charge is 0.460 e. The van der Waals surface area contributed by atoms with Crippen LogP contribution in [0.25, 0.3) is 0 Å². The van der Waals surface area contributed by atoms with Crippen molar-refractivity contribution >= 4 is 5.91 Å². The Morgan fingerprint density at radius 3 is 1.73 bits per heavy atom. The van der Waals surface area contributed by atoms with E-state index in [-0.39, 0.29) is 11.1 Å². The molecule has 0 heterocycles. The number of amides is 1. The van der Waals surface area contributed by atoms with Gasteiger partial charge in [-0.05, 0) is 38.5 Å². The fourth-order valence-electron chi connectivity index (χ4n) is 2.04. The second-order valence-corrected chi connectivity index (χ2v) is 7.32. The molecular weight excluding hydrogens is 437 g/mol. The molecule has 0 aliphatic rings. The lowest BCUT2D eigenvalue weighted by atomic mass is 9.95. The molecule has 172 valence electrons. The zero-order valence-corrected chi connectivity index (χ0v) is 15.8. The molecule has 13 heteroatoms. The molecule has 0 fully saturated rings. The summed E-state index contributed by atoms with van der Waals surface area (Å²) in [7, 11) is 0. The topological polar surface area (TPSA) is 61.6 Å². The zero-order chi connectivity index (χ0) is 23.8. The van der Waals surface area contributed by atoms with Gasteiger partial charge in [0.15, 0.2) is 0 Å². The molecular formula is C17H18F9NO3. The van der Waals surface area contributed by atoms with Crippen molar-refractivity contribution in [2.24, 2.45) is 5.73 Å². The summed E-state index contributed by atoms with van der Waals surface area (Å²) < 4.78 is 118. The van der Waals surface area contributed by atoms with Gasteiger partial charge in [0.05, 0.1) is 12.0 Å². The van der Waals surface area contributed by atoms with Gasteiger partial charge in [-0.25, -0.2) is 9.78 Å². The Morgan fingerprint density at radius 1 is 0.900 bits per heavy atom. The molecule has 1 amide bonds. The second-order valence-electron chi connectivity index (χ2n) is 7.32. The molecule has 0 spiro atoms. The first kappa shape index (κ1) is 26.0. The van der Waals surface area contributed by atoms with Gasteiger partial charge in [-0.1, -0.05) is 12.1 Å². The number of carbonyl (C=O) groups excluding carboxylic acids is 1. The molecule has 0 radical (unpaired) electrons. The van der Waals surface area contributed by atoms with Crippen molar-refractivity contribution in [1.82, 2.24) is 0 Å². The van der Waals surface area contributed by atoms with E-state index in [0.717, 1.165) is 24.3 Å². The highest BCUT2D eigenvalue weighted by molar-refractivity contribution is 5.92. The lowest BCUT2D eigenvalue weighted by molar-refractivity contribution is -0.413. The van der Waals surface area contributed by atoms with E-state index in [4.69, 9.17) is 10.6 Å². The van der Waals surface area contributed by atoms with Gasteiger partial charge in [0.2, 0.25) is 5.91 Å². The van der Waals surface area contributed by atoms with Gasteiger partial charge in [-0.15, -0.1) is 0 Å². The van der Waals surface area contributed by atoms with Crippen molar-refractivity contribution in [1.29, 1.82) is 0 Å². The van der Waals surface area contributed by atoms with E-state index in [1.165, 1.54) is 20.8 Å². The molecule has 0 saturated heterocycles. The zero-order valence-electron chi connectivity index (χ0n) is 15.8. The summed E-state index contributed by atoms with van der Waals surface area (Å²) in [5, 5.41) is 0. The van der Waals surface area contributed by atoms with E-state index in [9.17, 15) is 44.3 Å². The molecule has 1 unspecified atom stereocenters. The fraction of sp³-hybridized carbons (Fsp3) is 0.588. The van der Waals surface area contributed by atoms with E-state index in [1.807, 2.05) is 0 Å². The number of primary amides is 1. The minimum absolute atomic E-state index is 0.116. The van der Waals surface area contributed by atoms with Crippen molar-refractivity contribution < 1.29 is 54.1 Å². The Kier molecular flexibility index (Phi) is 7.15. The van der Waals surface area contributed by atoms with Gasteiger partial charge in [-0.2, -0.15) is 39.5 Å². The maximum atomic E-state index is 14.1. The normalized spacial score (nSPS) is 15.2.